The largest absolute Gasteiger partial charge is 0.440 e. The van der Waals surface area contributed by atoms with Crippen LogP contribution in [0.2, 0.25) is 0 Å². The molecule has 1 fully saturated rings. The normalized spacial score (nSPS) is 23.6. The number of benzene rings is 2. The van der Waals surface area contributed by atoms with Gasteiger partial charge in [0.1, 0.15) is 0 Å². The number of aliphatic hydroxyl groups is 1. The van der Waals surface area contributed by atoms with Crippen LogP contribution < -0.4 is 0 Å². The maximum atomic E-state index is 13.7. The van der Waals surface area contributed by atoms with Crippen LogP contribution in [-0.4, -0.2) is 48.5 Å². The van der Waals surface area contributed by atoms with Gasteiger partial charge in [-0.15, -0.1) is 0 Å². The number of aromatic nitrogens is 4. The van der Waals surface area contributed by atoms with E-state index in [1.54, 1.807) is 12.4 Å². The maximum absolute atomic E-state index is 13.7. The van der Waals surface area contributed by atoms with Crippen LogP contribution in [0.4, 0.5) is 0 Å². The summed E-state index contributed by atoms with van der Waals surface area (Å²) in [5.74, 6) is 1.29. The van der Waals surface area contributed by atoms with Gasteiger partial charge < -0.3 is 14.4 Å². The zero-order valence-corrected chi connectivity index (χ0v) is 19.8. The number of amides is 1. The highest BCUT2D eigenvalue weighted by Gasteiger charge is 2.39. The zero-order valence-electron chi connectivity index (χ0n) is 19.8. The van der Waals surface area contributed by atoms with Crippen molar-refractivity contribution in [2.45, 2.75) is 50.7 Å². The van der Waals surface area contributed by atoms with Gasteiger partial charge >= 0.3 is 0 Å². The summed E-state index contributed by atoms with van der Waals surface area (Å²) in [7, 11) is 0. The summed E-state index contributed by atoms with van der Waals surface area (Å²) < 4.78 is 6.33. The Balaban J connectivity index is 1.31. The number of oxazole rings is 1. The lowest BCUT2D eigenvalue weighted by molar-refractivity contribution is 0.0551. The van der Waals surface area contributed by atoms with Crippen LogP contribution >= 0.6 is 0 Å². The highest BCUT2D eigenvalue weighted by molar-refractivity contribution is 5.98. The molecular formula is C27H27N5O3. The third kappa shape index (κ3) is 3.65. The quantitative estimate of drug-likeness (QED) is 0.485. The first-order valence-electron chi connectivity index (χ1n) is 12.0. The SMILES string of the molecule is CC1CCC(c2nc3c(o2)-c2ccccc2C(C)(O)C3)CN1C(=O)c1ccccc1-n1nccn1. The fourth-order valence-corrected chi connectivity index (χ4v) is 5.36. The third-order valence-corrected chi connectivity index (χ3v) is 7.24. The second-order valence-electron chi connectivity index (χ2n) is 9.74. The van der Waals surface area contributed by atoms with Crippen molar-refractivity contribution in [1.82, 2.24) is 24.9 Å². The number of para-hydroxylation sites is 1. The lowest BCUT2D eigenvalue weighted by Gasteiger charge is -2.37. The highest BCUT2D eigenvalue weighted by Crippen LogP contribution is 2.43. The number of carbonyl (C=O) groups excluding carboxylic acids is 1. The predicted octanol–water partition coefficient (Wildman–Crippen LogP) is 4.09. The van der Waals surface area contributed by atoms with E-state index < -0.39 is 5.60 Å². The topological polar surface area (TPSA) is 97.3 Å². The molecule has 2 aromatic carbocycles. The van der Waals surface area contributed by atoms with Crippen LogP contribution in [0.1, 0.15) is 60.1 Å². The van der Waals surface area contributed by atoms with Crippen molar-refractivity contribution in [3.05, 3.63) is 83.6 Å². The molecule has 6 rings (SSSR count). The van der Waals surface area contributed by atoms with E-state index in [1.807, 2.05) is 60.4 Å². The van der Waals surface area contributed by atoms with Gasteiger partial charge in [-0.1, -0.05) is 36.4 Å². The summed E-state index contributed by atoms with van der Waals surface area (Å²) in [4.78, 5) is 21.9. The van der Waals surface area contributed by atoms with E-state index in [4.69, 9.17) is 9.40 Å². The van der Waals surface area contributed by atoms with E-state index in [0.717, 1.165) is 35.4 Å². The lowest BCUT2D eigenvalue weighted by atomic mass is 9.81. The molecular weight excluding hydrogens is 442 g/mol. The summed E-state index contributed by atoms with van der Waals surface area (Å²) in [5.41, 5.74) is 2.74. The lowest BCUT2D eigenvalue weighted by Crippen LogP contribution is -2.45. The number of fused-ring (bicyclic) bond motifs is 3. The molecule has 3 heterocycles. The van der Waals surface area contributed by atoms with Gasteiger partial charge in [0.2, 0.25) is 0 Å². The van der Waals surface area contributed by atoms with Gasteiger partial charge in [-0.2, -0.15) is 15.0 Å². The average Bonchev–Trinajstić information content (AvgIpc) is 3.54. The first kappa shape index (κ1) is 21.7. The third-order valence-electron chi connectivity index (χ3n) is 7.24. The molecule has 3 unspecified atom stereocenters. The molecule has 8 nitrogen and oxygen atoms in total. The molecule has 1 amide bonds. The fourth-order valence-electron chi connectivity index (χ4n) is 5.36. The number of carbonyl (C=O) groups is 1. The molecule has 1 saturated heterocycles. The average molecular weight is 470 g/mol. The van der Waals surface area contributed by atoms with Crippen molar-refractivity contribution < 1.29 is 14.3 Å². The van der Waals surface area contributed by atoms with E-state index in [2.05, 4.69) is 17.1 Å². The van der Waals surface area contributed by atoms with Crippen molar-refractivity contribution in [2.24, 2.45) is 0 Å². The van der Waals surface area contributed by atoms with E-state index >= 15 is 0 Å². The van der Waals surface area contributed by atoms with Crippen LogP contribution in [0.5, 0.6) is 0 Å². The van der Waals surface area contributed by atoms with Crippen LogP contribution in [0, 0.1) is 0 Å². The Morgan fingerprint density at radius 2 is 1.83 bits per heavy atom. The van der Waals surface area contributed by atoms with Crippen molar-refractivity contribution in [3.8, 4) is 17.0 Å². The van der Waals surface area contributed by atoms with E-state index in [1.165, 1.54) is 4.80 Å². The fraction of sp³-hybridized carbons (Fsp3) is 0.333. The Labute approximate surface area is 203 Å². The molecule has 1 aliphatic carbocycles. The van der Waals surface area contributed by atoms with Crippen LogP contribution in [0.25, 0.3) is 17.0 Å². The van der Waals surface area contributed by atoms with Gasteiger partial charge in [-0.05, 0) is 44.4 Å². The molecule has 1 aliphatic heterocycles. The van der Waals surface area contributed by atoms with Crippen molar-refractivity contribution in [3.63, 3.8) is 0 Å². The van der Waals surface area contributed by atoms with E-state index in [-0.39, 0.29) is 17.9 Å². The second kappa shape index (κ2) is 8.16. The number of hydrogen-bond donors (Lipinski definition) is 1. The van der Waals surface area contributed by atoms with E-state index in [9.17, 15) is 9.90 Å². The Morgan fingerprint density at radius 1 is 1.09 bits per heavy atom. The molecule has 0 spiro atoms. The molecule has 0 bridgehead atoms. The number of likely N-dealkylation sites (tertiary alicyclic amines) is 1. The van der Waals surface area contributed by atoms with Crippen molar-refractivity contribution in [1.29, 1.82) is 0 Å². The Bertz CT molecular complexity index is 1390. The minimum absolute atomic E-state index is 0.0205. The molecule has 35 heavy (non-hydrogen) atoms. The number of nitrogens with zero attached hydrogens (tertiary/aromatic N) is 5. The monoisotopic (exact) mass is 469 g/mol. The number of hydrogen-bond acceptors (Lipinski definition) is 6. The number of piperidine rings is 1. The Kier molecular flexibility index (Phi) is 5.07. The molecule has 3 atom stereocenters. The Morgan fingerprint density at radius 3 is 2.66 bits per heavy atom. The van der Waals surface area contributed by atoms with Crippen LogP contribution in [-0.2, 0) is 12.0 Å². The zero-order chi connectivity index (χ0) is 24.2. The highest BCUT2D eigenvalue weighted by atomic mass is 16.4. The van der Waals surface area contributed by atoms with Crippen LogP contribution in [0.15, 0.2) is 65.3 Å². The molecule has 2 aliphatic rings. The van der Waals surface area contributed by atoms with Crippen LogP contribution in [0.3, 0.4) is 0 Å². The number of rotatable bonds is 3. The molecule has 178 valence electrons. The van der Waals surface area contributed by atoms with Gasteiger partial charge in [0, 0.05) is 24.6 Å². The van der Waals surface area contributed by atoms with Gasteiger partial charge in [-0.3, -0.25) is 4.79 Å². The minimum Gasteiger partial charge on any atom is -0.440 e. The first-order chi connectivity index (χ1) is 16.9. The van der Waals surface area contributed by atoms with Gasteiger partial charge in [0.25, 0.3) is 5.91 Å². The first-order valence-corrected chi connectivity index (χ1v) is 12.0. The molecule has 0 saturated carbocycles. The molecule has 2 aromatic heterocycles. The molecule has 8 heteroatoms. The molecule has 4 aromatic rings. The van der Waals surface area contributed by atoms with Gasteiger partial charge in [0.05, 0.1) is 40.9 Å². The maximum Gasteiger partial charge on any atom is 0.256 e. The smallest absolute Gasteiger partial charge is 0.256 e. The summed E-state index contributed by atoms with van der Waals surface area (Å²) in [6, 6.07) is 15.3. The predicted molar refractivity (Wildman–Crippen MR) is 129 cm³/mol. The summed E-state index contributed by atoms with van der Waals surface area (Å²) in [6.45, 7) is 4.41. The van der Waals surface area contributed by atoms with Gasteiger partial charge in [-0.25, -0.2) is 4.98 Å². The summed E-state index contributed by atoms with van der Waals surface area (Å²) in [6.07, 6.45) is 5.32. The summed E-state index contributed by atoms with van der Waals surface area (Å²) >= 11 is 0. The van der Waals surface area contributed by atoms with E-state index in [0.29, 0.717) is 30.1 Å². The standard InChI is InChI=1S/C27H27N5O3/c1-17-11-12-18(16-31(17)26(33)20-8-4-6-10-23(20)32-28-13-14-29-32)25-30-22-15-27(2,34)21-9-5-3-7-19(21)24(22)35-25/h3-10,13-14,17-18,34H,11-12,15-16H2,1-2H3. The van der Waals surface area contributed by atoms with Crippen molar-refractivity contribution in [2.75, 3.05) is 6.54 Å². The minimum atomic E-state index is -0.995. The molecule has 0 radical (unpaired) electrons. The summed E-state index contributed by atoms with van der Waals surface area (Å²) in [5, 5.41) is 19.5. The molecule has 1 N–H and O–H groups in total. The van der Waals surface area contributed by atoms with Gasteiger partial charge in [0.15, 0.2) is 11.7 Å². The van der Waals surface area contributed by atoms with Crippen molar-refractivity contribution >= 4 is 5.91 Å². The second-order valence-corrected chi connectivity index (χ2v) is 9.74. The Hall–Kier alpha value is -3.78.